The van der Waals surface area contributed by atoms with Crippen LogP contribution in [0.15, 0.2) is 0 Å². The van der Waals surface area contributed by atoms with Gasteiger partial charge in [-0.1, -0.05) is 19.3 Å². The first-order valence-corrected chi connectivity index (χ1v) is 15.7. The van der Waals surface area contributed by atoms with Crippen LogP contribution in [0, 0.1) is 17.8 Å². The van der Waals surface area contributed by atoms with Crippen molar-refractivity contribution in [3.63, 3.8) is 0 Å². The van der Waals surface area contributed by atoms with Crippen molar-refractivity contribution in [2.75, 3.05) is 26.2 Å². The van der Waals surface area contributed by atoms with E-state index in [0.29, 0.717) is 30.7 Å². The van der Waals surface area contributed by atoms with E-state index >= 15 is 0 Å². The van der Waals surface area contributed by atoms with E-state index in [9.17, 15) is 29.1 Å². The summed E-state index contributed by atoms with van der Waals surface area (Å²) in [6.07, 6.45) is 11.0. The Bertz CT molecular complexity index is 905. The summed E-state index contributed by atoms with van der Waals surface area (Å²) in [4.78, 5) is 64.2. The Morgan fingerprint density at radius 1 is 0.976 bits per heavy atom. The van der Waals surface area contributed by atoms with Crippen molar-refractivity contribution in [3.8, 4) is 0 Å². The zero-order chi connectivity index (χ0) is 29.8. The molecule has 232 valence electrons. The molecule has 2 saturated carbocycles. The van der Waals surface area contributed by atoms with Gasteiger partial charge in [-0.05, 0) is 96.1 Å². The van der Waals surface area contributed by atoms with Gasteiger partial charge in [-0.2, -0.15) is 0 Å². The van der Waals surface area contributed by atoms with Crippen molar-refractivity contribution >= 4 is 29.7 Å². The molecule has 4 N–H and O–H groups in total. The summed E-state index contributed by atoms with van der Waals surface area (Å²) < 4.78 is 5.83. The number of amides is 3. The molecule has 1 unspecified atom stereocenters. The van der Waals surface area contributed by atoms with Crippen molar-refractivity contribution in [1.82, 2.24) is 20.9 Å². The Hall–Kier alpha value is -2.69. The molecule has 0 bridgehead atoms. The summed E-state index contributed by atoms with van der Waals surface area (Å²) >= 11 is 0. The van der Waals surface area contributed by atoms with Gasteiger partial charge in [-0.3, -0.25) is 19.2 Å². The largest absolute Gasteiger partial charge is 0.481 e. The highest BCUT2D eigenvalue weighted by Gasteiger charge is 2.38. The van der Waals surface area contributed by atoms with E-state index in [2.05, 4.69) is 16.0 Å². The first-order valence-electron chi connectivity index (χ1n) is 15.7. The van der Waals surface area contributed by atoms with Gasteiger partial charge in [0.1, 0.15) is 18.2 Å². The number of fused-ring (bicyclic) bond motifs is 1. The van der Waals surface area contributed by atoms with Gasteiger partial charge in [0, 0.05) is 13.0 Å². The number of nitrogens with zero attached hydrogens (tertiary/aromatic N) is 1. The monoisotopic (exact) mass is 578 g/mol. The Morgan fingerprint density at radius 3 is 2.39 bits per heavy atom. The quantitative estimate of drug-likeness (QED) is 0.229. The second kappa shape index (κ2) is 16.7. The molecule has 1 heterocycles. The standard InChI is InChI=1S/C30H50N4O7/c1-3-34(27(36)13-6-8-21-14-16-31-17-15-21)19-26(35)33-24(18-28(37)38)29(39)32-20(2)30(40)41-25-12-7-10-22-9-4-5-11-23(22)25/h20-25,31H,3-19H2,1-2H3,(H,32,39)(H,33,35)(H,37,38)/t20-,22-,23?,24-,25-/m0/s1. The summed E-state index contributed by atoms with van der Waals surface area (Å²) in [5, 5.41) is 17.7. The van der Waals surface area contributed by atoms with Gasteiger partial charge < -0.3 is 30.7 Å². The molecule has 0 aromatic heterocycles. The fourth-order valence-corrected chi connectivity index (χ4v) is 6.69. The van der Waals surface area contributed by atoms with Crippen LogP contribution in [0.4, 0.5) is 0 Å². The Morgan fingerprint density at radius 2 is 1.68 bits per heavy atom. The van der Waals surface area contributed by atoms with Gasteiger partial charge in [0.2, 0.25) is 17.7 Å². The highest BCUT2D eigenvalue weighted by molar-refractivity contribution is 5.94. The van der Waals surface area contributed by atoms with Crippen molar-refractivity contribution in [3.05, 3.63) is 0 Å². The molecule has 0 aromatic rings. The third kappa shape index (κ3) is 10.6. The zero-order valence-electron chi connectivity index (χ0n) is 24.8. The van der Waals surface area contributed by atoms with Crippen molar-refractivity contribution < 1.29 is 33.8 Å². The molecule has 41 heavy (non-hydrogen) atoms. The van der Waals surface area contributed by atoms with Gasteiger partial charge in [0.05, 0.1) is 13.0 Å². The van der Waals surface area contributed by atoms with Crippen LogP contribution >= 0.6 is 0 Å². The van der Waals surface area contributed by atoms with Crippen LogP contribution in [-0.2, 0) is 28.7 Å². The lowest BCUT2D eigenvalue weighted by molar-refractivity contribution is -0.159. The van der Waals surface area contributed by atoms with E-state index in [1.807, 2.05) is 0 Å². The number of carbonyl (C=O) groups excluding carboxylic acids is 4. The zero-order valence-corrected chi connectivity index (χ0v) is 24.8. The first kappa shape index (κ1) is 32.8. The second-order valence-corrected chi connectivity index (χ2v) is 12.1. The van der Waals surface area contributed by atoms with Crippen molar-refractivity contribution in [2.24, 2.45) is 17.8 Å². The third-order valence-electron chi connectivity index (χ3n) is 9.05. The number of esters is 1. The second-order valence-electron chi connectivity index (χ2n) is 12.1. The topological polar surface area (TPSA) is 154 Å². The van der Waals surface area contributed by atoms with Gasteiger partial charge in [-0.25, -0.2) is 4.79 Å². The number of carboxylic acid groups (broad SMARTS) is 1. The number of ether oxygens (including phenoxy) is 1. The van der Waals surface area contributed by atoms with Crippen LogP contribution in [0.25, 0.3) is 0 Å². The van der Waals surface area contributed by atoms with E-state index in [-0.39, 0.29) is 18.6 Å². The van der Waals surface area contributed by atoms with E-state index in [0.717, 1.165) is 64.5 Å². The Balaban J connectivity index is 1.47. The number of carbonyl (C=O) groups is 5. The molecule has 2 aliphatic carbocycles. The molecule has 11 heteroatoms. The Labute approximate surface area is 243 Å². The molecule has 0 radical (unpaired) electrons. The highest BCUT2D eigenvalue weighted by atomic mass is 16.5. The summed E-state index contributed by atoms with van der Waals surface area (Å²) in [7, 11) is 0. The maximum atomic E-state index is 12.9. The van der Waals surface area contributed by atoms with E-state index < -0.39 is 42.3 Å². The number of carboxylic acids is 1. The number of nitrogens with one attached hydrogen (secondary N) is 3. The minimum atomic E-state index is -1.39. The lowest BCUT2D eigenvalue weighted by atomic mass is 9.69. The van der Waals surface area contributed by atoms with Crippen molar-refractivity contribution in [2.45, 2.75) is 116 Å². The van der Waals surface area contributed by atoms with Crippen LogP contribution in [0.1, 0.15) is 97.3 Å². The third-order valence-corrected chi connectivity index (χ3v) is 9.05. The van der Waals surface area contributed by atoms with E-state index in [4.69, 9.17) is 4.74 Å². The molecule has 3 amide bonds. The first-order chi connectivity index (χ1) is 19.7. The number of rotatable bonds is 14. The van der Waals surface area contributed by atoms with Gasteiger partial charge in [0.25, 0.3) is 0 Å². The average molecular weight is 579 g/mol. The number of hydrogen-bond acceptors (Lipinski definition) is 7. The molecule has 3 fully saturated rings. The fourth-order valence-electron chi connectivity index (χ4n) is 6.69. The molecule has 3 aliphatic rings. The predicted molar refractivity (Wildman–Crippen MR) is 153 cm³/mol. The van der Waals surface area contributed by atoms with E-state index in [1.54, 1.807) is 6.92 Å². The number of likely N-dealkylation sites (N-methyl/N-ethyl adjacent to an activating group) is 1. The molecule has 0 aromatic carbocycles. The molecule has 1 aliphatic heterocycles. The Kier molecular flexibility index (Phi) is 13.3. The van der Waals surface area contributed by atoms with Crippen LogP contribution in [-0.4, -0.2) is 84.0 Å². The minimum Gasteiger partial charge on any atom is -0.481 e. The van der Waals surface area contributed by atoms with Crippen LogP contribution in [0.2, 0.25) is 0 Å². The minimum absolute atomic E-state index is 0.143. The number of aliphatic carboxylic acids is 1. The maximum absolute atomic E-state index is 12.9. The normalized spacial score (nSPS) is 24.3. The molecule has 0 spiro atoms. The molecule has 11 nitrogen and oxygen atoms in total. The summed E-state index contributed by atoms with van der Waals surface area (Å²) in [5.74, 6) is -1.81. The summed E-state index contributed by atoms with van der Waals surface area (Å²) in [5.41, 5.74) is 0. The smallest absolute Gasteiger partial charge is 0.328 e. The molecule has 1 saturated heterocycles. The summed E-state index contributed by atoms with van der Waals surface area (Å²) in [6.45, 7) is 5.34. The molecule has 5 atom stereocenters. The van der Waals surface area contributed by atoms with Crippen LogP contribution in [0.5, 0.6) is 0 Å². The predicted octanol–water partition coefficient (Wildman–Crippen LogP) is 2.37. The maximum Gasteiger partial charge on any atom is 0.328 e. The van der Waals surface area contributed by atoms with E-state index in [1.165, 1.54) is 31.1 Å². The molecular formula is C30H50N4O7. The van der Waals surface area contributed by atoms with Gasteiger partial charge in [0.15, 0.2) is 0 Å². The molecular weight excluding hydrogens is 528 g/mol. The van der Waals surface area contributed by atoms with Gasteiger partial charge >= 0.3 is 11.9 Å². The molecule has 3 rings (SSSR count). The average Bonchev–Trinajstić information content (AvgIpc) is 2.96. The summed E-state index contributed by atoms with van der Waals surface area (Å²) in [6, 6.07) is -2.38. The van der Waals surface area contributed by atoms with Crippen molar-refractivity contribution in [1.29, 1.82) is 0 Å². The lowest BCUT2D eigenvalue weighted by Crippen LogP contribution is -2.54. The SMILES string of the molecule is CCN(CC(=O)N[C@@H](CC(=O)O)C(=O)N[C@@H](C)C(=O)O[C@H]1CCC[C@@H]2CCCCC21)C(=O)CCCC1CCNCC1. The van der Waals surface area contributed by atoms with Gasteiger partial charge in [-0.15, -0.1) is 0 Å². The van der Waals surface area contributed by atoms with Crippen LogP contribution < -0.4 is 16.0 Å². The van der Waals surface area contributed by atoms with Crippen LogP contribution in [0.3, 0.4) is 0 Å². The fraction of sp³-hybridized carbons (Fsp3) is 0.833. The lowest BCUT2D eigenvalue weighted by Gasteiger charge is -2.41. The highest BCUT2D eigenvalue weighted by Crippen LogP contribution is 2.41. The number of piperidine rings is 1. The number of hydrogen-bond donors (Lipinski definition) is 4.